The molecular formula is C29H28ClF3N4OS. The van der Waals surface area contributed by atoms with Crippen LogP contribution in [0, 0.1) is 22.9 Å². The molecule has 0 aliphatic rings. The number of nitrogens with one attached hydrogen (secondary N) is 1. The first kappa shape index (κ1) is 28.6. The Morgan fingerprint density at radius 1 is 1.08 bits per heavy atom. The molecule has 5 nitrogen and oxygen atoms in total. The van der Waals surface area contributed by atoms with E-state index in [1.165, 1.54) is 36.0 Å². The van der Waals surface area contributed by atoms with Crippen LogP contribution in [0.1, 0.15) is 42.7 Å². The molecular weight excluding hydrogens is 545 g/mol. The molecule has 3 aromatic carbocycles. The monoisotopic (exact) mass is 572 g/mol. The molecule has 1 aromatic heterocycles. The lowest BCUT2D eigenvalue weighted by Gasteiger charge is -2.28. The van der Waals surface area contributed by atoms with E-state index >= 15 is 0 Å². The largest absolute Gasteiger partial charge is 0.495 e. The smallest absolute Gasteiger partial charge is 0.173 e. The minimum Gasteiger partial charge on any atom is -0.495 e. The zero-order valence-electron chi connectivity index (χ0n) is 21.7. The van der Waals surface area contributed by atoms with Crippen LogP contribution in [0.5, 0.6) is 5.75 Å². The van der Waals surface area contributed by atoms with Crippen LogP contribution in [0.3, 0.4) is 0 Å². The highest BCUT2D eigenvalue weighted by atomic mass is 35.5. The van der Waals surface area contributed by atoms with Crippen molar-refractivity contribution in [1.29, 1.82) is 5.41 Å². The van der Waals surface area contributed by atoms with Gasteiger partial charge in [0.1, 0.15) is 23.2 Å². The number of hydrogen-bond acceptors (Lipinski definition) is 4. The molecule has 0 unspecified atom stereocenters. The van der Waals surface area contributed by atoms with Crippen LogP contribution in [0.4, 0.5) is 13.2 Å². The molecule has 204 valence electrons. The van der Waals surface area contributed by atoms with Crippen LogP contribution < -0.4 is 10.5 Å². The fourth-order valence-corrected chi connectivity index (χ4v) is 5.47. The Balaban J connectivity index is 1.72. The predicted octanol–water partition coefficient (Wildman–Crippen LogP) is 7.44. The molecule has 0 fully saturated rings. The van der Waals surface area contributed by atoms with Crippen molar-refractivity contribution < 1.29 is 17.9 Å². The van der Waals surface area contributed by atoms with Gasteiger partial charge in [0, 0.05) is 28.8 Å². The summed E-state index contributed by atoms with van der Waals surface area (Å²) in [4.78, 5) is 4.60. The summed E-state index contributed by atoms with van der Waals surface area (Å²) in [6.07, 6.45) is 2.21. The van der Waals surface area contributed by atoms with Crippen molar-refractivity contribution in [3.63, 3.8) is 0 Å². The summed E-state index contributed by atoms with van der Waals surface area (Å²) in [5.41, 5.74) is 7.46. The number of nitrogens with two attached hydrogens (primary N) is 1. The van der Waals surface area contributed by atoms with E-state index in [2.05, 4.69) is 4.98 Å². The maximum absolute atomic E-state index is 14.9. The maximum Gasteiger partial charge on any atom is 0.173 e. The third-order valence-electron chi connectivity index (χ3n) is 6.56. The second kappa shape index (κ2) is 11.8. The Hall–Kier alpha value is -3.43. The molecule has 39 heavy (non-hydrogen) atoms. The summed E-state index contributed by atoms with van der Waals surface area (Å²) in [6, 6.07) is 14.0. The molecule has 0 radical (unpaired) electrons. The van der Waals surface area contributed by atoms with Gasteiger partial charge in [0.15, 0.2) is 5.16 Å². The number of imidazole rings is 1. The second-order valence-electron chi connectivity index (χ2n) is 9.56. The third kappa shape index (κ3) is 6.25. The summed E-state index contributed by atoms with van der Waals surface area (Å²) in [7, 11) is 1.55. The summed E-state index contributed by atoms with van der Waals surface area (Å²) >= 11 is 7.42. The molecule has 0 saturated heterocycles. The van der Waals surface area contributed by atoms with Crippen LogP contribution in [0.2, 0.25) is 5.02 Å². The van der Waals surface area contributed by atoms with E-state index in [0.29, 0.717) is 27.2 Å². The maximum atomic E-state index is 14.9. The van der Waals surface area contributed by atoms with Crippen LogP contribution in [-0.2, 0) is 17.6 Å². The van der Waals surface area contributed by atoms with Gasteiger partial charge in [-0.15, -0.1) is 0 Å². The minimum absolute atomic E-state index is 0.0164. The Labute approximate surface area is 234 Å². The molecule has 0 atom stereocenters. The van der Waals surface area contributed by atoms with Crippen molar-refractivity contribution in [2.45, 2.75) is 43.0 Å². The van der Waals surface area contributed by atoms with Crippen LogP contribution in [0.15, 0.2) is 66.0 Å². The zero-order chi connectivity index (χ0) is 28.3. The van der Waals surface area contributed by atoms with Crippen molar-refractivity contribution in [2.24, 2.45) is 5.73 Å². The standard InChI is InChI=1S/C29H28ClF3N4OS/c1-29(2,18-5-10-22(30)25(14-18)38-3)26-15-36-28(37(26)20-8-6-19(31)7-9-20)39-16-21-23(32)12-17(13-24(21)33)4-11-27(34)35/h5-10,12-15H,4,11,16H2,1-3H3,(H3,34,35). The molecule has 0 spiro atoms. The first-order valence-electron chi connectivity index (χ1n) is 12.1. The number of halogens is 4. The predicted molar refractivity (Wildman–Crippen MR) is 150 cm³/mol. The van der Waals surface area contributed by atoms with Gasteiger partial charge < -0.3 is 10.5 Å². The molecule has 10 heteroatoms. The average molecular weight is 573 g/mol. The van der Waals surface area contributed by atoms with Gasteiger partial charge in [0.05, 0.1) is 29.9 Å². The molecule has 0 aliphatic heterocycles. The van der Waals surface area contributed by atoms with Gasteiger partial charge in [-0.2, -0.15) is 0 Å². The van der Waals surface area contributed by atoms with E-state index in [9.17, 15) is 13.2 Å². The van der Waals surface area contributed by atoms with E-state index in [-0.39, 0.29) is 35.8 Å². The molecule has 0 amide bonds. The minimum atomic E-state index is -0.672. The van der Waals surface area contributed by atoms with Crippen LogP contribution in [-0.4, -0.2) is 22.5 Å². The van der Waals surface area contributed by atoms with Crippen LogP contribution in [0.25, 0.3) is 5.69 Å². The summed E-state index contributed by atoms with van der Waals surface area (Å²) < 4.78 is 50.8. The van der Waals surface area contributed by atoms with E-state index in [0.717, 1.165) is 11.3 Å². The molecule has 3 N–H and O–H groups in total. The lowest BCUT2D eigenvalue weighted by Crippen LogP contribution is -2.23. The molecule has 0 aliphatic carbocycles. The Kier molecular flexibility index (Phi) is 8.61. The van der Waals surface area contributed by atoms with Crippen LogP contribution >= 0.6 is 23.4 Å². The van der Waals surface area contributed by atoms with Crippen molar-refractivity contribution in [3.8, 4) is 11.4 Å². The number of nitrogens with zero attached hydrogens (tertiary/aromatic N) is 2. The molecule has 4 aromatic rings. The number of ether oxygens (including phenoxy) is 1. The van der Waals surface area contributed by atoms with E-state index < -0.39 is 17.0 Å². The number of thioether (sulfide) groups is 1. The van der Waals surface area contributed by atoms with Gasteiger partial charge in [-0.25, -0.2) is 18.2 Å². The number of amidine groups is 1. The Bertz CT molecular complexity index is 1480. The Morgan fingerprint density at radius 2 is 1.74 bits per heavy atom. The lowest BCUT2D eigenvalue weighted by molar-refractivity contribution is 0.413. The second-order valence-corrected chi connectivity index (χ2v) is 10.9. The zero-order valence-corrected chi connectivity index (χ0v) is 23.3. The van der Waals surface area contributed by atoms with E-state index in [4.69, 9.17) is 27.5 Å². The highest BCUT2D eigenvalue weighted by molar-refractivity contribution is 7.98. The topological polar surface area (TPSA) is 76.9 Å². The number of rotatable bonds is 10. The van der Waals surface area contributed by atoms with Gasteiger partial charge in [-0.3, -0.25) is 9.98 Å². The van der Waals surface area contributed by atoms with Crippen molar-refractivity contribution in [2.75, 3.05) is 7.11 Å². The summed E-state index contributed by atoms with van der Waals surface area (Å²) in [5, 5.41) is 8.31. The first-order chi connectivity index (χ1) is 18.5. The molecule has 0 bridgehead atoms. The molecule has 4 rings (SSSR count). The summed E-state index contributed by atoms with van der Waals surface area (Å²) in [6.45, 7) is 4.03. The Morgan fingerprint density at radius 3 is 2.36 bits per heavy atom. The average Bonchev–Trinajstić information content (AvgIpc) is 3.32. The number of hydrogen-bond donors (Lipinski definition) is 2. The number of aromatic nitrogens is 2. The molecule has 0 saturated carbocycles. The quantitative estimate of drug-likeness (QED) is 0.118. The number of aryl methyl sites for hydroxylation is 1. The fraction of sp³-hybridized carbons (Fsp3) is 0.241. The highest BCUT2D eigenvalue weighted by Crippen LogP contribution is 2.39. The fourth-order valence-electron chi connectivity index (χ4n) is 4.27. The van der Waals surface area contributed by atoms with Crippen molar-refractivity contribution in [1.82, 2.24) is 9.55 Å². The van der Waals surface area contributed by atoms with Crippen molar-refractivity contribution >= 4 is 29.2 Å². The summed E-state index contributed by atoms with van der Waals surface area (Å²) in [5.74, 6) is -1.26. The number of methoxy groups -OCH3 is 1. The molecule has 1 heterocycles. The highest BCUT2D eigenvalue weighted by Gasteiger charge is 2.30. The SMILES string of the molecule is COc1cc(C(C)(C)c2cnc(SCc3c(F)cc(CCC(=N)N)cc3F)n2-c2ccc(F)cc2)ccc1Cl. The van der Waals surface area contributed by atoms with Gasteiger partial charge in [-0.1, -0.05) is 43.3 Å². The van der Waals surface area contributed by atoms with Crippen molar-refractivity contribution in [3.05, 3.63) is 106 Å². The van der Waals surface area contributed by atoms with Gasteiger partial charge in [-0.05, 0) is 66.1 Å². The van der Waals surface area contributed by atoms with E-state index in [1.807, 2.05) is 30.5 Å². The normalized spacial score (nSPS) is 11.6. The van der Waals surface area contributed by atoms with Gasteiger partial charge in [0.25, 0.3) is 0 Å². The lowest BCUT2D eigenvalue weighted by atomic mass is 9.81. The van der Waals surface area contributed by atoms with E-state index in [1.54, 1.807) is 31.5 Å². The van der Waals surface area contributed by atoms with Gasteiger partial charge in [0.2, 0.25) is 0 Å². The first-order valence-corrected chi connectivity index (χ1v) is 13.5. The number of benzene rings is 3. The third-order valence-corrected chi connectivity index (χ3v) is 7.85. The van der Waals surface area contributed by atoms with Gasteiger partial charge >= 0.3 is 0 Å².